The van der Waals surface area contributed by atoms with E-state index in [0.717, 1.165) is 30.6 Å². The lowest BCUT2D eigenvalue weighted by Gasteiger charge is -2.37. The maximum Gasteiger partial charge on any atom is 0.414 e. The average molecular weight is 678 g/mol. The number of anilines is 4. The predicted molar refractivity (Wildman–Crippen MR) is 182 cm³/mol. The van der Waals surface area contributed by atoms with E-state index in [2.05, 4.69) is 15.6 Å². The van der Waals surface area contributed by atoms with Crippen LogP contribution in [0.5, 0.6) is 0 Å². The van der Waals surface area contributed by atoms with Crippen molar-refractivity contribution in [3.8, 4) is 0 Å². The number of ether oxygens (including phenoxy) is 2. The smallest absolute Gasteiger partial charge is 0.414 e. The summed E-state index contributed by atoms with van der Waals surface area (Å²) in [7, 11) is -2.50. The monoisotopic (exact) mass is 677 g/mol. The Hall–Kier alpha value is -4.57. The third-order valence-corrected chi connectivity index (χ3v) is 9.72. The number of hydrogen-bond donors (Lipinski definition) is 2. The summed E-state index contributed by atoms with van der Waals surface area (Å²) in [5.41, 5.74) is 3.18. The highest BCUT2D eigenvalue weighted by Gasteiger charge is 2.31. The molecule has 2 N–H and O–H groups in total. The van der Waals surface area contributed by atoms with Crippen molar-refractivity contribution in [2.24, 2.45) is 0 Å². The lowest BCUT2D eigenvalue weighted by Crippen LogP contribution is -2.45. The molecule has 14 nitrogen and oxygen atoms in total. The molecule has 1 fully saturated rings. The molecule has 0 radical (unpaired) electrons. The van der Waals surface area contributed by atoms with E-state index in [1.165, 1.54) is 19.2 Å². The molecule has 48 heavy (non-hydrogen) atoms. The average Bonchev–Trinajstić information content (AvgIpc) is 3.10. The molecule has 0 bridgehead atoms. The number of pyridine rings is 1. The number of carbonyl (C=O) groups excluding carboxylic acids is 1. The zero-order valence-corrected chi connectivity index (χ0v) is 27.7. The Kier molecular flexibility index (Phi) is 10.2. The molecule has 1 amide bonds. The maximum absolute atomic E-state index is 14.3. The molecule has 2 aliphatic heterocycles. The lowest BCUT2D eigenvalue weighted by molar-refractivity contribution is 0.109. The fraction of sp³-hybridized carbons (Fsp3) is 0.394. The third kappa shape index (κ3) is 7.13. The predicted octanol–water partition coefficient (Wildman–Crippen LogP) is 3.58. The van der Waals surface area contributed by atoms with E-state index in [1.807, 2.05) is 42.2 Å². The molecule has 0 saturated carbocycles. The number of amides is 1. The van der Waals surface area contributed by atoms with Gasteiger partial charge in [-0.3, -0.25) is 18.4 Å². The number of fused-ring (bicyclic) bond motifs is 2. The second-order valence-electron chi connectivity index (χ2n) is 11.6. The van der Waals surface area contributed by atoms with Gasteiger partial charge in [0.2, 0.25) is 5.95 Å². The van der Waals surface area contributed by atoms with Crippen molar-refractivity contribution in [1.82, 2.24) is 19.9 Å². The van der Waals surface area contributed by atoms with E-state index in [9.17, 15) is 18.0 Å². The summed E-state index contributed by atoms with van der Waals surface area (Å²) in [6, 6.07) is 15.6. The molecule has 2 aliphatic rings. The SMILES string of the molecule is COC(=O)N1CCN(c2cc3cnc(NCCOCCOS(=O)(=O)c4ccc(C)cc4)nc3n(C3CCCNC3)c2=O)c2ccccc21. The Bertz CT molecular complexity index is 1930. The van der Waals surface area contributed by atoms with Crippen molar-refractivity contribution in [1.29, 1.82) is 0 Å². The molecule has 4 heterocycles. The van der Waals surface area contributed by atoms with Gasteiger partial charge in [-0.1, -0.05) is 29.8 Å². The van der Waals surface area contributed by atoms with E-state index < -0.39 is 16.2 Å². The lowest BCUT2D eigenvalue weighted by atomic mass is 10.1. The summed E-state index contributed by atoms with van der Waals surface area (Å²) in [6.07, 6.45) is 2.99. The largest absolute Gasteiger partial charge is 0.452 e. The van der Waals surface area contributed by atoms with Gasteiger partial charge in [-0.05, 0) is 56.6 Å². The molecule has 4 aromatic rings. The van der Waals surface area contributed by atoms with Gasteiger partial charge < -0.3 is 25.0 Å². The third-order valence-electron chi connectivity index (χ3n) is 8.39. The van der Waals surface area contributed by atoms with Gasteiger partial charge in [0, 0.05) is 37.8 Å². The van der Waals surface area contributed by atoms with Crippen molar-refractivity contribution >= 4 is 50.3 Å². The van der Waals surface area contributed by atoms with Crippen LogP contribution in [0.2, 0.25) is 0 Å². The van der Waals surface area contributed by atoms with Crippen molar-refractivity contribution in [3.63, 3.8) is 0 Å². The number of carbonyl (C=O) groups is 1. The van der Waals surface area contributed by atoms with Crippen LogP contribution < -0.4 is 26.0 Å². The molecule has 254 valence electrons. The summed E-state index contributed by atoms with van der Waals surface area (Å²) >= 11 is 0. The normalized spacial score (nSPS) is 16.5. The zero-order valence-electron chi connectivity index (χ0n) is 26.9. The minimum Gasteiger partial charge on any atom is -0.452 e. The van der Waals surface area contributed by atoms with Gasteiger partial charge in [0.25, 0.3) is 15.7 Å². The van der Waals surface area contributed by atoms with Crippen molar-refractivity contribution in [2.75, 3.05) is 74.8 Å². The molecular weight excluding hydrogens is 638 g/mol. The highest BCUT2D eigenvalue weighted by Crippen LogP contribution is 2.37. The first-order valence-electron chi connectivity index (χ1n) is 15.9. The fourth-order valence-corrected chi connectivity index (χ4v) is 6.89. The van der Waals surface area contributed by atoms with Gasteiger partial charge in [0.15, 0.2) is 0 Å². The van der Waals surface area contributed by atoms with Crippen molar-refractivity contribution < 1.29 is 26.9 Å². The Morgan fingerprint density at radius 3 is 2.58 bits per heavy atom. The number of hydrogen-bond acceptors (Lipinski definition) is 12. The van der Waals surface area contributed by atoms with Gasteiger partial charge in [0.05, 0.1) is 49.2 Å². The number of nitrogens with zero attached hydrogens (tertiary/aromatic N) is 5. The van der Waals surface area contributed by atoms with E-state index >= 15 is 0 Å². The van der Waals surface area contributed by atoms with Crippen LogP contribution >= 0.6 is 0 Å². The van der Waals surface area contributed by atoms with Crippen LogP contribution in [0.25, 0.3) is 11.0 Å². The molecule has 1 saturated heterocycles. The number of piperidine rings is 1. The Balaban J connectivity index is 1.17. The molecule has 0 spiro atoms. The van der Waals surface area contributed by atoms with Crippen LogP contribution in [0.4, 0.5) is 27.8 Å². The molecule has 0 aliphatic carbocycles. The van der Waals surface area contributed by atoms with Gasteiger partial charge in [-0.15, -0.1) is 0 Å². The second kappa shape index (κ2) is 14.7. The Morgan fingerprint density at radius 2 is 1.83 bits per heavy atom. The second-order valence-corrected chi connectivity index (χ2v) is 13.2. The summed E-state index contributed by atoms with van der Waals surface area (Å²) in [5.74, 6) is 0.339. The quantitative estimate of drug-likeness (QED) is 0.176. The molecule has 6 rings (SSSR count). The topological polar surface area (TPSA) is 157 Å². The van der Waals surface area contributed by atoms with Gasteiger partial charge in [0.1, 0.15) is 11.3 Å². The van der Waals surface area contributed by atoms with Crippen LogP contribution in [-0.4, -0.2) is 88.7 Å². The van der Waals surface area contributed by atoms with Gasteiger partial charge in [-0.25, -0.2) is 9.78 Å². The minimum absolute atomic E-state index is 0.0827. The van der Waals surface area contributed by atoms with Crippen LogP contribution in [-0.2, 0) is 23.8 Å². The number of methoxy groups -OCH3 is 1. The number of rotatable bonds is 11. The molecule has 1 unspecified atom stereocenters. The van der Waals surface area contributed by atoms with Crippen LogP contribution in [0.15, 0.2) is 70.5 Å². The summed E-state index contributed by atoms with van der Waals surface area (Å²) in [5, 5.41) is 7.25. The van der Waals surface area contributed by atoms with E-state index in [4.69, 9.17) is 18.6 Å². The standard InChI is InChI=1S/C33H39N7O7S/c1-23-9-11-26(12-10-23)48(43,44)47-19-18-46-17-14-35-32-36-21-24-20-29(31(41)40(30(24)37-32)25-6-5-13-34-22-25)38-15-16-39(33(42)45-2)28-8-4-3-7-27(28)38/h3-4,7-12,20-21,25,34H,5-6,13-19,22H2,1-2H3,(H,35,36,37). The molecule has 2 aromatic heterocycles. The van der Waals surface area contributed by atoms with Crippen LogP contribution in [0.3, 0.4) is 0 Å². The van der Waals surface area contributed by atoms with Gasteiger partial charge in [-0.2, -0.15) is 13.4 Å². The van der Waals surface area contributed by atoms with E-state index in [0.29, 0.717) is 54.5 Å². The zero-order chi connectivity index (χ0) is 33.7. The summed E-state index contributed by atoms with van der Waals surface area (Å²) in [6.45, 7) is 4.72. The van der Waals surface area contributed by atoms with Crippen LogP contribution in [0.1, 0.15) is 24.4 Å². The van der Waals surface area contributed by atoms with E-state index in [-0.39, 0.29) is 36.3 Å². The van der Waals surface area contributed by atoms with Gasteiger partial charge >= 0.3 is 6.09 Å². The fourth-order valence-electron chi connectivity index (χ4n) is 6.00. The molecular formula is C33H39N7O7S. The highest BCUT2D eigenvalue weighted by molar-refractivity contribution is 7.86. The number of benzene rings is 2. The first kappa shape index (κ1) is 33.3. The molecule has 1 atom stereocenters. The molecule has 15 heteroatoms. The van der Waals surface area contributed by atoms with Crippen LogP contribution in [0, 0.1) is 6.92 Å². The maximum atomic E-state index is 14.3. The summed E-state index contributed by atoms with van der Waals surface area (Å²) in [4.78, 5) is 39.7. The Labute approximate surface area is 278 Å². The number of aryl methyl sites for hydroxylation is 1. The molecule has 2 aromatic carbocycles. The minimum atomic E-state index is -3.85. The van der Waals surface area contributed by atoms with Crippen molar-refractivity contribution in [3.05, 3.63) is 76.7 Å². The highest BCUT2D eigenvalue weighted by atomic mass is 32.2. The number of aromatic nitrogens is 3. The van der Waals surface area contributed by atoms with E-state index in [1.54, 1.807) is 27.8 Å². The summed E-state index contributed by atoms with van der Waals surface area (Å²) < 4.78 is 42.1. The van der Waals surface area contributed by atoms with Crippen molar-refractivity contribution in [2.45, 2.75) is 30.7 Å². The first-order valence-corrected chi connectivity index (χ1v) is 17.3. The Morgan fingerprint density at radius 1 is 1.04 bits per heavy atom. The number of para-hydroxylation sites is 2. The first-order chi connectivity index (χ1) is 23.3. The number of nitrogens with one attached hydrogen (secondary N) is 2.